The monoisotopic (exact) mass is 341 g/mol. The highest BCUT2D eigenvalue weighted by molar-refractivity contribution is 5.76. The summed E-state index contributed by atoms with van der Waals surface area (Å²) < 4.78 is 31.6. The van der Waals surface area contributed by atoms with Gasteiger partial charge in [0, 0.05) is 46.3 Å². The summed E-state index contributed by atoms with van der Waals surface area (Å²) in [6.45, 7) is 4.05. The fourth-order valence-corrected chi connectivity index (χ4v) is 2.74. The molecule has 1 N–H and O–H groups in total. The van der Waals surface area contributed by atoms with Crippen LogP contribution in [0.2, 0.25) is 0 Å². The van der Waals surface area contributed by atoms with Gasteiger partial charge < -0.3 is 19.9 Å². The predicted octanol–water partition coefficient (Wildman–Crippen LogP) is 1.41. The van der Waals surface area contributed by atoms with Gasteiger partial charge in [0.05, 0.1) is 12.6 Å². The SMILES string of the molecule is COCC(NCCC(=O)N1CCN(C)CC1)c1ccc(F)c(F)c1. The molecule has 1 saturated heterocycles. The first-order chi connectivity index (χ1) is 11.5. The minimum Gasteiger partial charge on any atom is -0.383 e. The molecule has 0 bridgehead atoms. The Morgan fingerprint density at radius 3 is 2.58 bits per heavy atom. The Bertz CT molecular complexity index is 549. The maximum absolute atomic E-state index is 13.4. The molecule has 1 aromatic carbocycles. The van der Waals surface area contributed by atoms with E-state index in [0.29, 0.717) is 25.1 Å². The van der Waals surface area contributed by atoms with Gasteiger partial charge in [-0.25, -0.2) is 8.78 Å². The highest BCUT2D eigenvalue weighted by atomic mass is 19.2. The molecule has 1 heterocycles. The van der Waals surface area contributed by atoms with E-state index in [1.54, 1.807) is 7.11 Å². The number of nitrogens with zero attached hydrogens (tertiary/aromatic N) is 2. The van der Waals surface area contributed by atoms with Gasteiger partial charge in [0.15, 0.2) is 11.6 Å². The lowest BCUT2D eigenvalue weighted by Crippen LogP contribution is -2.47. The van der Waals surface area contributed by atoms with Gasteiger partial charge in [-0.3, -0.25) is 4.79 Å². The zero-order chi connectivity index (χ0) is 17.5. The van der Waals surface area contributed by atoms with Crippen molar-refractivity contribution in [3.63, 3.8) is 0 Å². The molecule has 1 amide bonds. The molecule has 1 aliphatic rings. The number of carbonyl (C=O) groups excluding carboxylic acids is 1. The molecule has 134 valence electrons. The van der Waals surface area contributed by atoms with Crippen LogP contribution in [0.4, 0.5) is 8.78 Å². The van der Waals surface area contributed by atoms with Crippen LogP contribution in [0.25, 0.3) is 0 Å². The van der Waals surface area contributed by atoms with Gasteiger partial charge in [-0.1, -0.05) is 6.07 Å². The van der Waals surface area contributed by atoms with Gasteiger partial charge >= 0.3 is 0 Å². The van der Waals surface area contributed by atoms with Crippen LogP contribution in [0.15, 0.2) is 18.2 Å². The third-order valence-corrected chi connectivity index (χ3v) is 4.26. The molecular weight excluding hydrogens is 316 g/mol. The summed E-state index contributed by atoms with van der Waals surface area (Å²) in [7, 11) is 3.59. The fourth-order valence-electron chi connectivity index (χ4n) is 2.74. The maximum atomic E-state index is 13.4. The third-order valence-electron chi connectivity index (χ3n) is 4.26. The van der Waals surface area contributed by atoms with E-state index in [-0.39, 0.29) is 11.9 Å². The Morgan fingerprint density at radius 1 is 1.25 bits per heavy atom. The van der Waals surface area contributed by atoms with Crippen molar-refractivity contribution >= 4 is 5.91 Å². The molecule has 5 nitrogen and oxygen atoms in total. The Hall–Kier alpha value is -1.57. The molecular formula is C17H25F2N3O2. The molecule has 1 fully saturated rings. The second-order valence-corrected chi connectivity index (χ2v) is 6.07. The van der Waals surface area contributed by atoms with Crippen molar-refractivity contribution in [1.29, 1.82) is 0 Å². The predicted molar refractivity (Wildman–Crippen MR) is 87.7 cm³/mol. The van der Waals surface area contributed by atoms with Crippen LogP contribution in [0.1, 0.15) is 18.0 Å². The maximum Gasteiger partial charge on any atom is 0.223 e. The van der Waals surface area contributed by atoms with E-state index >= 15 is 0 Å². The number of methoxy groups -OCH3 is 1. The molecule has 1 aliphatic heterocycles. The van der Waals surface area contributed by atoms with E-state index < -0.39 is 11.6 Å². The van der Waals surface area contributed by atoms with Crippen LogP contribution >= 0.6 is 0 Å². The Kier molecular flexibility index (Phi) is 7.08. The summed E-state index contributed by atoms with van der Waals surface area (Å²) in [6, 6.07) is 3.50. The molecule has 0 saturated carbocycles. The molecule has 24 heavy (non-hydrogen) atoms. The Balaban J connectivity index is 1.85. The number of rotatable bonds is 7. The van der Waals surface area contributed by atoms with Gasteiger partial charge in [0.2, 0.25) is 5.91 Å². The lowest BCUT2D eigenvalue weighted by atomic mass is 10.1. The molecule has 2 rings (SSSR count). The average Bonchev–Trinajstić information content (AvgIpc) is 2.57. The van der Waals surface area contributed by atoms with Crippen LogP contribution in [0.3, 0.4) is 0 Å². The third kappa shape index (κ3) is 5.22. The Morgan fingerprint density at radius 2 is 1.96 bits per heavy atom. The zero-order valence-electron chi connectivity index (χ0n) is 14.2. The standard InChI is InChI=1S/C17H25F2N3O2/c1-21-7-9-22(10-8-21)17(23)5-6-20-16(12-24-2)13-3-4-14(18)15(19)11-13/h3-4,11,16,20H,5-10,12H2,1-2H3. The molecule has 7 heteroatoms. The number of carbonyl (C=O) groups is 1. The van der Waals surface area contributed by atoms with E-state index in [0.717, 1.165) is 38.3 Å². The first kappa shape index (κ1) is 18.8. The largest absolute Gasteiger partial charge is 0.383 e. The van der Waals surface area contributed by atoms with E-state index in [4.69, 9.17) is 4.74 Å². The lowest BCUT2D eigenvalue weighted by molar-refractivity contribution is -0.132. The van der Waals surface area contributed by atoms with Crippen LogP contribution in [-0.4, -0.2) is 69.2 Å². The van der Waals surface area contributed by atoms with E-state index in [2.05, 4.69) is 10.2 Å². The topological polar surface area (TPSA) is 44.8 Å². The summed E-state index contributed by atoms with van der Waals surface area (Å²) in [5.41, 5.74) is 0.600. The summed E-state index contributed by atoms with van der Waals surface area (Å²) in [5.74, 6) is -1.65. The summed E-state index contributed by atoms with van der Waals surface area (Å²) in [5, 5.41) is 3.19. The summed E-state index contributed by atoms with van der Waals surface area (Å²) in [4.78, 5) is 16.3. The first-order valence-electron chi connectivity index (χ1n) is 8.15. The quantitative estimate of drug-likeness (QED) is 0.814. The smallest absolute Gasteiger partial charge is 0.223 e. The molecule has 1 atom stereocenters. The fraction of sp³-hybridized carbons (Fsp3) is 0.588. The van der Waals surface area contributed by atoms with Crippen molar-refractivity contribution in [1.82, 2.24) is 15.1 Å². The average molecular weight is 341 g/mol. The van der Waals surface area contributed by atoms with Gasteiger partial charge in [-0.2, -0.15) is 0 Å². The van der Waals surface area contributed by atoms with Crippen LogP contribution in [-0.2, 0) is 9.53 Å². The number of piperazine rings is 1. The number of benzene rings is 1. The summed E-state index contributed by atoms with van der Waals surface area (Å²) >= 11 is 0. The number of amides is 1. The number of halogens is 2. The van der Waals surface area contributed by atoms with Gasteiger partial charge in [-0.15, -0.1) is 0 Å². The Labute approximate surface area is 141 Å². The van der Waals surface area contributed by atoms with E-state index in [9.17, 15) is 13.6 Å². The highest BCUT2D eigenvalue weighted by Crippen LogP contribution is 2.17. The molecule has 0 aliphatic carbocycles. The van der Waals surface area contributed by atoms with Crippen molar-refractivity contribution in [2.75, 3.05) is 53.5 Å². The zero-order valence-corrected chi connectivity index (χ0v) is 14.2. The molecule has 1 unspecified atom stereocenters. The molecule has 0 spiro atoms. The van der Waals surface area contributed by atoms with Gasteiger partial charge in [0.1, 0.15) is 0 Å². The van der Waals surface area contributed by atoms with E-state index in [1.165, 1.54) is 6.07 Å². The second kappa shape index (κ2) is 9.05. The number of likely N-dealkylation sites (N-methyl/N-ethyl adjacent to an activating group) is 1. The van der Waals surface area contributed by atoms with E-state index in [1.807, 2.05) is 11.9 Å². The van der Waals surface area contributed by atoms with Crippen LogP contribution in [0, 0.1) is 11.6 Å². The van der Waals surface area contributed by atoms with Crippen LogP contribution < -0.4 is 5.32 Å². The number of hydrogen-bond donors (Lipinski definition) is 1. The molecule has 0 radical (unpaired) electrons. The minimum absolute atomic E-state index is 0.108. The number of hydrogen-bond acceptors (Lipinski definition) is 4. The normalized spacial score (nSPS) is 17.1. The van der Waals surface area contributed by atoms with Gasteiger partial charge in [-0.05, 0) is 24.7 Å². The molecule has 1 aromatic rings. The van der Waals surface area contributed by atoms with Gasteiger partial charge in [0.25, 0.3) is 0 Å². The van der Waals surface area contributed by atoms with Crippen LogP contribution in [0.5, 0.6) is 0 Å². The molecule has 0 aromatic heterocycles. The summed E-state index contributed by atoms with van der Waals surface area (Å²) in [6.07, 6.45) is 0.369. The van der Waals surface area contributed by atoms with Crippen molar-refractivity contribution in [3.8, 4) is 0 Å². The number of ether oxygens (including phenoxy) is 1. The minimum atomic E-state index is -0.885. The van der Waals surface area contributed by atoms with Crippen molar-refractivity contribution < 1.29 is 18.3 Å². The highest BCUT2D eigenvalue weighted by Gasteiger charge is 2.19. The van der Waals surface area contributed by atoms with Crippen molar-refractivity contribution in [2.24, 2.45) is 0 Å². The lowest BCUT2D eigenvalue weighted by Gasteiger charge is -2.32. The number of nitrogens with one attached hydrogen (secondary N) is 1. The van der Waals surface area contributed by atoms with Crippen molar-refractivity contribution in [2.45, 2.75) is 12.5 Å². The van der Waals surface area contributed by atoms with Crippen molar-refractivity contribution in [3.05, 3.63) is 35.4 Å². The second-order valence-electron chi connectivity index (χ2n) is 6.07. The first-order valence-corrected chi connectivity index (χ1v) is 8.15.